The minimum absolute atomic E-state index is 0.125. The first-order valence-corrected chi connectivity index (χ1v) is 6.99. The maximum Gasteiger partial charge on any atom is 0.167 e. The Labute approximate surface area is 112 Å². The Morgan fingerprint density at radius 2 is 2.42 bits per heavy atom. The zero-order valence-electron chi connectivity index (χ0n) is 11.2. The van der Waals surface area contributed by atoms with Crippen LogP contribution in [0.4, 0.5) is 0 Å². The van der Waals surface area contributed by atoms with E-state index in [-0.39, 0.29) is 11.7 Å². The van der Waals surface area contributed by atoms with Crippen LogP contribution in [-0.4, -0.2) is 28.4 Å². The molecule has 4 heteroatoms. The average molecular weight is 257 g/mol. The third-order valence-corrected chi connectivity index (χ3v) is 3.91. The van der Waals surface area contributed by atoms with E-state index in [1.807, 2.05) is 24.5 Å². The van der Waals surface area contributed by atoms with Crippen molar-refractivity contribution in [3.05, 3.63) is 30.1 Å². The molecule has 1 unspecified atom stereocenters. The summed E-state index contributed by atoms with van der Waals surface area (Å²) in [4.78, 5) is 16.8. The highest BCUT2D eigenvalue weighted by atomic mass is 16.1. The van der Waals surface area contributed by atoms with Gasteiger partial charge < -0.3 is 9.88 Å². The van der Waals surface area contributed by atoms with Crippen LogP contribution in [0.15, 0.2) is 24.5 Å². The Kier molecular flexibility index (Phi) is 3.34. The number of ketones is 1. The zero-order chi connectivity index (χ0) is 13.2. The molecular formula is C15H19N3O. The number of carbonyl (C=O) groups is 1. The highest BCUT2D eigenvalue weighted by Crippen LogP contribution is 2.20. The van der Waals surface area contributed by atoms with Crippen LogP contribution in [0.2, 0.25) is 0 Å². The van der Waals surface area contributed by atoms with Gasteiger partial charge in [0.15, 0.2) is 5.78 Å². The highest BCUT2D eigenvalue weighted by Gasteiger charge is 2.22. The van der Waals surface area contributed by atoms with Crippen molar-refractivity contribution in [2.24, 2.45) is 5.92 Å². The summed E-state index contributed by atoms with van der Waals surface area (Å²) in [6.45, 7) is 4.83. The molecule has 0 spiro atoms. The van der Waals surface area contributed by atoms with Crippen molar-refractivity contribution in [2.75, 3.05) is 13.1 Å². The first-order valence-electron chi connectivity index (χ1n) is 6.99. The van der Waals surface area contributed by atoms with Gasteiger partial charge in [-0.3, -0.25) is 4.79 Å². The number of hydrogen-bond donors (Lipinski definition) is 1. The second-order valence-corrected chi connectivity index (χ2v) is 5.14. The maximum absolute atomic E-state index is 12.4. The molecule has 1 aliphatic heterocycles. The van der Waals surface area contributed by atoms with Gasteiger partial charge in [-0.1, -0.05) is 0 Å². The molecule has 1 fully saturated rings. The Morgan fingerprint density at radius 3 is 3.16 bits per heavy atom. The smallest absolute Gasteiger partial charge is 0.167 e. The highest BCUT2D eigenvalue weighted by molar-refractivity contribution is 6.00. The van der Waals surface area contributed by atoms with E-state index in [0.29, 0.717) is 0 Å². The number of Topliss-reactive ketones (excluding diaryl/α,β-unsaturated/α-hetero) is 1. The minimum Gasteiger partial charge on any atom is -0.331 e. The molecule has 3 rings (SSSR count). The fourth-order valence-corrected chi connectivity index (χ4v) is 2.78. The second-order valence-electron chi connectivity index (χ2n) is 5.14. The van der Waals surface area contributed by atoms with Gasteiger partial charge in [-0.05, 0) is 44.5 Å². The molecule has 4 nitrogen and oxygen atoms in total. The van der Waals surface area contributed by atoms with E-state index in [1.54, 1.807) is 0 Å². The summed E-state index contributed by atoms with van der Waals surface area (Å²) >= 11 is 0. The van der Waals surface area contributed by atoms with E-state index in [4.69, 9.17) is 0 Å². The van der Waals surface area contributed by atoms with E-state index in [2.05, 4.69) is 21.8 Å². The van der Waals surface area contributed by atoms with Crippen molar-refractivity contribution < 1.29 is 4.79 Å². The van der Waals surface area contributed by atoms with Gasteiger partial charge in [0.25, 0.3) is 0 Å². The standard InChI is InChI=1S/C15H19N3O/c1-2-18-10-17-13-8-11(5-6-14(13)18)15(19)12-4-3-7-16-9-12/h5-6,8,10,12,16H,2-4,7,9H2,1H3. The predicted octanol–water partition coefficient (Wildman–Crippen LogP) is 2.24. The van der Waals surface area contributed by atoms with Crippen molar-refractivity contribution in [1.82, 2.24) is 14.9 Å². The number of carbonyl (C=O) groups excluding carboxylic acids is 1. The van der Waals surface area contributed by atoms with Crippen molar-refractivity contribution in [2.45, 2.75) is 26.3 Å². The molecule has 0 radical (unpaired) electrons. The largest absolute Gasteiger partial charge is 0.331 e. The van der Waals surface area contributed by atoms with Crippen LogP contribution < -0.4 is 5.32 Å². The molecule has 0 bridgehead atoms. The average Bonchev–Trinajstić information content (AvgIpc) is 2.89. The van der Waals surface area contributed by atoms with Gasteiger partial charge in [0, 0.05) is 24.6 Å². The third-order valence-electron chi connectivity index (χ3n) is 3.91. The van der Waals surface area contributed by atoms with Gasteiger partial charge in [0.2, 0.25) is 0 Å². The number of nitrogens with zero attached hydrogens (tertiary/aromatic N) is 2. The number of nitrogens with one attached hydrogen (secondary N) is 1. The van der Waals surface area contributed by atoms with Crippen molar-refractivity contribution in [1.29, 1.82) is 0 Å². The van der Waals surface area contributed by atoms with Crippen molar-refractivity contribution >= 4 is 16.8 Å². The van der Waals surface area contributed by atoms with Crippen LogP contribution >= 0.6 is 0 Å². The number of rotatable bonds is 3. The number of hydrogen-bond acceptors (Lipinski definition) is 3. The third kappa shape index (κ3) is 2.28. The molecule has 1 atom stereocenters. The van der Waals surface area contributed by atoms with E-state index >= 15 is 0 Å². The Balaban J connectivity index is 1.90. The summed E-state index contributed by atoms with van der Waals surface area (Å²) in [5.74, 6) is 0.375. The lowest BCUT2D eigenvalue weighted by atomic mass is 9.91. The molecule has 1 N–H and O–H groups in total. The van der Waals surface area contributed by atoms with Gasteiger partial charge in [-0.15, -0.1) is 0 Å². The molecule has 1 aliphatic rings. The summed E-state index contributed by atoms with van der Waals surface area (Å²) in [5, 5.41) is 3.30. The maximum atomic E-state index is 12.4. The molecule has 0 saturated carbocycles. The van der Waals surface area contributed by atoms with Gasteiger partial charge >= 0.3 is 0 Å². The molecular weight excluding hydrogens is 238 g/mol. The van der Waals surface area contributed by atoms with Crippen molar-refractivity contribution in [3.8, 4) is 0 Å². The second kappa shape index (κ2) is 5.13. The van der Waals surface area contributed by atoms with Crippen LogP contribution in [0.3, 0.4) is 0 Å². The molecule has 1 aromatic carbocycles. The normalized spacial score (nSPS) is 19.7. The van der Waals surface area contributed by atoms with Crippen LogP contribution in [0.25, 0.3) is 11.0 Å². The summed E-state index contributed by atoms with van der Waals surface area (Å²) < 4.78 is 2.09. The fourth-order valence-electron chi connectivity index (χ4n) is 2.78. The Morgan fingerprint density at radius 1 is 1.53 bits per heavy atom. The lowest BCUT2D eigenvalue weighted by Crippen LogP contribution is -2.34. The Hall–Kier alpha value is -1.68. The molecule has 0 amide bonds. The summed E-state index contributed by atoms with van der Waals surface area (Å²) in [7, 11) is 0. The molecule has 0 aliphatic carbocycles. The molecule has 2 heterocycles. The monoisotopic (exact) mass is 257 g/mol. The van der Waals surface area contributed by atoms with Gasteiger partial charge in [0.1, 0.15) is 0 Å². The number of fused-ring (bicyclic) bond motifs is 1. The number of piperidine rings is 1. The first kappa shape index (κ1) is 12.4. The quantitative estimate of drug-likeness (QED) is 0.858. The van der Waals surface area contributed by atoms with E-state index in [0.717, 1.165) is 49.1 Å². The van der Waals surface area contributed by atoms with E-state index < -0.39 is 0 Å². The lowest BCUT2D eigenvalue weighted by Gasteiger charge is -2.21. The van der Waals surface area contributed by atoms with Crippen LogP contribution in [0, 0.1) is 5.92 Å². The van der Waals surface area contributed by atoms with Crippen molar-refractivity contribution in [3.63, 3.8) is 0 Å². The predicted molar refractivity (Wildman–Crippen MR) is 75.3 cm³/mol. The van der Waals surface area contributed by atoms with Gasteiger partial charge in [-0.2, -0.15) is 0 Å². The molecule has 1 aromatic heterocycles. The number of imidazole rings is 1. The number of aryl methyl sites for hydroxylation is 1. The number of aromatic nitrogens is 2. The van der Waals surface area contributed by atoms with Crippen LogP contribution in [0.5, 0.6) is 0 Å². The minimum atomic E-state index is 0.125. The van der Waals surface area contributed by atoms with Crippen LogP contribution in [0.1, 0.15) is 30.1 Å². The summed E-state index contributed by atoms with van der Waals surface area (Å²) in [5.41, 5.74) is 2.81. The topological polar surface area (TPSA) is 46.9 Å². The summed E-state index contributed by atoms with van der Waals surface area (Å²) in [6, 6.07) is 5.88. The van der Waals surface area contributed by atoms with Gasteiger partial charge in [0.05, 0.1) is 17.4 Å². The lowest BCUT2D eigenvalue weighted by molar-refractivity contribution is 0.0900. The fraction of sp³-hybridized carbons (Fsp3) is 0.467. The van der Waals surface area contributed by atoms with Gasteiger partial charge in [-0.25, -0.2) is 4.98 Å². The SMILES string of the molecule is CCn1cnc2cc(C(=O)C3CCCNC3)ccc21. The Bertz CT molecular complexity index is 596. The summed E-state index contributed by atoms with van der Waals surface area (Å²) in [6.07, 6.45) is 3.91. The zero-order valence-corrected chi connectivity index (χ0v) is 11.2. The van der Waals surface area contributed by atoms with E-state index in [1.165, 1.54) is 0 Å². The molecule has 1 saturated heterocycles. The van der Waals surface area contributed by atoms with Crippen LogP contribution in [-0.2, 0) is 6.54 Å². The molecule has 2 aromatic rings. The number of benzene rings is 1. The molecule has 100 valence electrons. The van der Waals surface area contributed by atoms with E-state index in [9.17, 15) is 4.79 Å². The molecule has 19 heavy (non-hydrogen) atoms. The first-order chi connectivity index (χ1) is 9.29.